The zero-order chi connectivity index (χ0) is 14.5. The Morgan fingerprint density at radius 1 is 1.53 bits per heavy atom. The minimum atomic E-state index is -3.69. The van der Waals surface area contributed by atoms with Gasteiger partial charge in [-0.3, -0.25) is 0 Å². The first-order valence-corrected chi connectivity index (χ1v) is 7.57. The highest BCUT2D eigenvalue weighted by Crippen LogP contribution is 2.12. The molecule has 19 heavy (non-hydrogen) atoms. The van der Waals surface area contributed by atoms with Gasteiger partial charge in [-0.05, 0) is 19.1 Å². The number of aromatic nitrogens is 1. The number of halogens is 1. The van der Waals surface area contributed by atoms with Gasteiger partial charge in [0.1, 0.15) is 5.15 Å². The number of nitrogens with one attached hydrogen (secondary N) is 1. The van der Waals surface area contributed by atoms with E-state index in [0.717, 1.165) is 12.5 Å². The number of rotatable bonds is 5. The molecule has 1 heterocycles. The summed E-state index contributed by atoms with van der Waals surface area (Å²) in [6.07, 6.45) is 3.40. The Kier molecular flexibility index (Phi) is 5.31. The molecule has 0 spiro atoms. The molecule has 8 heteroatoms. The summed E-state index contributed by atoms with van der Waals surface area (Å²) in [5.74, 6) is -0.903. The number of carbonyl (C=O) groups is 1. The largest absolute Gasteiger partial charge is 0.462 e. The topological polar surface area (TPSA) is 85.4 Å². The van der Waals surface area contributed by atoms with E-state index in [-0.39, 0.29) is 6.61 Å². The molecule has 1 aromatic rings. The van der Waals surface area contributed by atoms with E-state index in [2.05, 4.69) is 15.0 Å². The summed E-state index contributed by atoms with van der Waals surface area (Å²) in [4.78, 5) is 14.9. The van der Waals surface area contributed by atoms with Crippen LogP contribution in [0.1, 0.15) is 6.92 Å². The molecule has 104 valence electrons. The molecular weight excluding hydrogens is 292 g/mol. The van der Waals surface area contributed by atoms with Crippen LogP contribution in [0.5, 0.6) is 0 Å². The van der Waals surface area contributed by atoms with Crippen LogP contribution in [0.2, 0.25) is 5.15 Å². The van der Waals surface area contributed by atoms with Crippen molar-refractivity contribution < 1.29 is 17.9 Å². The van der Waals surface area contributed by atoms with Gasteiger partial charge in [-0.2, -0.15) is 0 Å². The van der Waals surface area contributed by atoms with Gasteiger partial charge in [-0.15, -0.1) is 0 Å². The van der Waals surface area contributed by atoms with Crippen LogP contribution >= 0.6 is 11.6 Å². The van der Waals surface area contributed by atoms with Gasteiger partial charge in [0.05, 0.1) is 18.5 Å². The molecule has 0 aliphatic heterocycles. The summed E-state index contributed by atoms with van der Waals surface area (Å²) in [6, 6.07) is 3.12. The summed E-state index contributed by atoms with van der Waals surface area (Å²) in [5, 5.41) is 2.96. The smallest absolute Gasteiger partial charge is 0.351 e. The Morgan fingerprint density at radius 3 is 2.68 bits per heavy atom. The van der Waals surface area contributed by atoms with Crippen LogP contribution in [0.25, 0.3) is 0 Å². The molecule has 0 aliphatic carbocycles. The van der Waals surface area contributed by atoms with Gasteiger partial charge in [0.15, 0.2) is 14.7 Å². The fourth-order valence-electron chi connectivity index (χ4n) is 1.13. The van der Waals surface area contributed by atoms with Crippen LogP contribution in [-0.2, 0) is 19.4 Å². The Labute approximate surface area is 116 Å². The molecule has 1 aromatic heterocycles. The highest BCUT2D eigenvalue weighted by Gasteiger charge is 2.21. The van der Waals surface area contributed by atoms with E-state index in [1.54, 1.807) is 13.0 Å². The Morgan fingerprint density at radius 2 is 2.21 bits per heavy atom. The highest BCUT2D eigenvalue weighted by molar-refractivity contribution is 7.95. The molecule has 6 nitrogen and oxygen atoms in total. The van der Waals surface area contributed by atoms with Gasteiger partial charge >= 0.3 is 5.97 Å². The lowest BCUT2D eigenvalue weighted by molar-refractivity contribution is -0.137. The predicted octanol–water partition coefficient (Wildman–Crippen LogP) is 1.60. The monoisotopic (exact) mass is 304 g/mol. The number of nitrogens with zero attached hydrogens (tertiary/aromatic N) is 1. The molecule has 0 radical (unpaired) electrons. The summed E-state index contributed by atoms with van der Waals surface area (Å²) < 4.78 is 27.6. The van der Waals surface area contributed by atoms with Crippen molar-refractivity contribution in [2.75, 3.05) is 18.2 Å². The van der Waals surface area contributed by atoms with Crippen molar-refractivity contribution in [3.8, 4) is 0 Å². The van der Waals surface area contributed by atoms with Crippen molar-refractivity contribution in [2.45, 2.75) is 6.92 Å². The van der Waals surface area contributed by atoms with E-state index in [9.17, 15) is 13.2 Å². The van der Waals surface area contributed by atoms with Crippen LogP contribution < -0.4 is 5.32 Å². The maximum atomic E-state index is 11.5. The zero-order valence-corrected chi connectivity index (χ0v) is 12.0. The lowest BCUT2D eigenvalue weighted by Crippen LogP contribution is -2.16. The fourth-order valence-corrected chi connectivity index (χ4v) is 1.88. The zero-order valence-electron chi connectivity index (χ0n) is 10.4. The van der Waals surface area contributed by atoms with E-state index in [1.807, 2.05) is 0 Å². The summed E-state index contributed by atoms with van der Waals surface area (Å²) in [7, 11) is -3.69. The number of ether oxygens (including phenoxy) is 1. The van der Waals surface area contributed by atoms with Crippen LogP contribution in [0.3, 0.4) is 0 Å². The van der Waals surface area contributed by atoms with E-state index in [0.29, 0.717) is 10.8 Å². The average molecular weight is 305 g/mol. The second-order valence-corrected chi connectivity index (χ2v) is 5.89. The highest BCUT2D eigenvalue weighted by atomic mass is 35.5. The first-order chi connectivity index (χ1) is 8.84. The molecular formula is C11H13ClN2O4S. The van der Waals surface area contributed by atoms with Crippen molar-refractivity contribution >= 4 is 33.1 Å². The molecule has 0 aromatic carbocycles. The summed E-state index contributed by atoms with van der Waals surface area (Å²) in [5.41, 5.74) is 0.495. The normalized spacial score (nSPS) is 12.1. The standard InChI is InChI=1S/C11H13ClN2O4S/c1-3-18-11(15)9(19(2,16)17)7-13-8-4-5-10(12)14-6-8/h4-7,13H,3H2,1-2H3. The van der Waals surface area contributed by atoms with Crippen LogP contribution in [0.15, 0.2) is 29.4 Å². The second kappa shape index (κ2) is 6.53. The number of anilines is 1. The third-order valence-electron chi connectivity index (χ3n) is 1.97. The molecule has 0 bridgehead atoms. The van der Waals surface area contributed by atoms with E-state index in [1.165, 1.54) is 12.3 Å². The quantitative estimate of drug-likeness (QED) is 0.505. The molecule has 0 saturated heterocycles. The van der Waals surface area contributed by atoms with Gasteiger partial charge in [0.25, 0.3) is 0 Å². The molecule has 0 aliphatic rings. The number of hydrogen-bond donors (Lipinski definition) is 1. The number of pyridine rings is 1. The molecule has 0 saturated carbocycles. The van der Waals surface area contributed by atoms with Crippen LogP contribution in [-0.4, -0.2) is 32.2 Å². The van der Waals surface area contributed by atoms with E-state index in [4.69, 9.17) is 11.6 Å². The molecule has 0 fully saturated rings. The van der Waals surface area contributed by atoms with Crippen molar-refractivity contribution in [1.29, 1.82) is 0 Å². The minimum Gasteiger partial charge on any atom is -0.462 e. The first kappa shape index (κ1) is 15.5. The third kappa shape index (κ3) is 4.88. The fraction of sp³-hybridized carbons (Fsp3) is 0.273. The number of carbonyl (C=O) groups excluding carboxylic acids is 1. The summed E-state index contributed by atoms with van der Waals surface area (Å²) in [6.45, 7) is 1.68. The van der Waals surface area contributed by atoms with Gasteiger partial charge in [0.2, 0.25) is 0 Å². The van der Waals surface area contributed by atoms with Gasteiger partial charge in [-0.25, -0.2) is 18.2 Å². The number of esters is 1. The molecule has 0 atom stereocenters. The van der Waals surface area contributed by atoms with E-state index < -0.39 is 20.7 Å². The molecule has 0 amide bonds. The third-order valence-corrected chi connectivity index (χ3v) is 3.28. The maximum absolute atomic E-state index is 11.5. The van der Waals surface area contributed by atoms with E-state index >= 15 is 0 Å². The second-order valence-electron chi connectivity index (χ2n) is 3.52. The van der Waals surface area contributed by atoms with Crippen molar-refractivity contribution in [1.82, 2.24) is 4.98 Å². The molecule has 0 unspecified atom stereocenters. The van der Waals surface area contributed by atoms with Crippen molar-refractivity contribution in [2.24, 2.45) is 0 Å². The lowest BCUT2D eigenvalue weighted by atomic mass is 10.4. The Bertz CT molecular complexity index is 581. The predicted molar refractivity (Wildman–Crippen MR) is 72.4 cm³/mol. The van der Waals surface area contributed by atoms with Gasteiger partial charge < -0.3 is 10.1 Å². The lowest BCUT2D eigenvalue weighted by Gasteiger charge is -2.06. The van der Waals surface area contributed by atoms with Crippen molar-refractivity contribution in [3.05, 3.63) is 34.6 Å². The Balaban J connectivity index is 2.96. The van der Waals surface area contributed by atoms with Crippen LogP contribution in [0, 0.1) is 0 Å². The first-order valence-electron chi connectivity index (χ1n) is 5.30. The maximum Gasteiger partial charge on any atom is 0.351 e. The number of hydrogen-bond acceptors (Lipinski definition) is 6. The average Bonchev–Trinajstić information content (AvgIpc) is 2.30. The van der Waals surface area contributed by atoms with Gasteiger partial charge in [0, 0.05) is 12.5 Å². The Hall–Kier alpha value is -1.60. The molecule has 1 rings (SSSR count). The molecule has 1 N–H and O–H groups in total. The van der Waals surface area contributed by atoms with Crippen LogP contribution in [0.4, 0.5) is 5.69 Å². The SMILES string of the molecule is CCOC(=O)C(=CNc1ccc(Cl)nc1)S(C)(=O)=O. The summed E-state index contributed by atoms with van der Waals surface area (Å²) >= 11 is 5.61. The minimum absolute atomic E-state index is 0.0915. The number of sulfone groups is 1. The van der Waals surface area contributed by atoms with Gasteiger partial charge in [-0.1, -0.05) is 11.6 Å². The van der Waals surface area contributed by atoms with Crippen molar-refractivity contribution in [3.63, 3.8) is 0 Å².